The highest BCUT2D eigenvalue weighted by Gasteiger charge is 2.27. The Morgan fingerprint density at radius 1 is 0.327 bits per heavy atom. The van der Waals surface area contributed by atoms with E-state index in [2.05, 4.69) is 172 Å². The second kappa shape index (κ2) is 76.8. The molecule has 0 radical (unpaired) electrons. The average molecular weight is 1380 g/mol. The van der Waals surface area contributed by atoms with E-state index in [0.717, 1.165) is 128 Å². The molecule has 0 aromatic rings. The van der Waals surface area contributed by atoms with Crippen LogP contribution in [-0.2, 0) is 32.7 Å². The van der Waals surface area contributed by atoms with Crippen molar-refractivity contribution < 1.29 is 42.1 Å². The molecule has 0 saturated heterocycles. The monoisotopic (exact) mass is 1380 g/mol. The number of phosphoric acid groups is 1. The summed E-state index contributed by atoms with van der Waals surface area (Å²) in [6, 6.07) is 0. The standard InChI is InChI=1S/C88H150NO8P/c1-6-8-10-12-14-16-18-20-22-24-26-28-30-32-34-36-38-40-42-43-44-45-47-49-51-53-55-57-59-61-63-65-67-69-71-73-75-77-79-81-88(91)97-86(85-96-98(92,93)95-83-82-89(3,4)5)84-94-87(90)80-78-76-74-72-70-68-66-64-62-60-58-56-54-52-50-48-46-41-39-37-35-33-31-29-27-25-23-21-19-17-15-13-11-9-7-2/h8,10,14,16,19-22,25-28,32,34,38,40,43-44,47,49,53,55,59,61,65,67,86H,6-7,9,11-13,15,17-18,23-24,29-31,33,35-37,39,41-42,45-46,48,50-52,54,56-58,60,62-64,66,68-85H2,1-5H3/p+1/b10-8-,16-14-,21-19-,22-20-,27-25-,28-26-,34-32-,40-38-,44-43-,49-47-,55-53-,61-59-,67-65-. The highest BCUT2D eigenvalue weighted by Crippen LogP contribution is 2.43. The minimum Gasteiger partial charge on any atom is -0.462 e. The molecule has 0 rings (SSSR count). The molecule has 0 amide bonds. The molecule has 560 valence electrons. The number of allylic oxidation sites excluding steroid dienone is 26. The average Bonchev–Trinajstić information content (AvgIpc) is 1.23. The van der Waals surface area contributed by atoms with Crippen LogP contribution in [0.2, 0.25) is 0 Å². The first-order chi connectivity index (χ1) is 48.0. The maximum atomic E-state index is 12.9. The van der Waals surface area contributed by atoms with Crippen LogP contribution in [0.1, 0.15) is 335 Å². The number of nitrogens with zero attached hydrogens (tertiary/aromatic N) is 1. The number of hydrogen-bond acceptors (Lipinski definition) is 7. The Kier molecular flexibility index (Phi) is 73.4. The van der Waals surface area contributed by atoms with E-state index in [4.69, 9.17) is 18.5 Å². The number of carbonyl (C=O) groups excluding carboxylic acids is 2. The fraction of sp³-hybridized carbons (Fsp3) is 0.682. The largest absolute Gasteiger partial charge is 0.472 e. The van der Waals surface area contributed by atoms with E-state index in [1.165, 1.54) is 173 Å². The lowest BCUT2D eigenvalue weighted by Crippen LogP contribution is -2.37. The molecule has 10 heteroatoms. The normalized spacial score (nSPS) is 13.9. The molecule has 98 heavy (non-hydrogen) atoms. The number of unbranched alkanes of at least 4 members (excludes halogenated alkanes) is 33. The van der Waals surface area contributed by atoms with Gasteiger partial charge in [0.2, 0.25) is 0 Å². The topological polar surface area (TPSA) is 108 Å². The van der Waals surface area contributed by atoms with Crippen molar-refractivity contribution >= 4 is 19.8 Å². The Balaban J connectivity index is 4.06. The van der Waals surface area contributed by atoms with Crippen LogP contribution in [-0.4, -0.2) is 74.9 Å². The Morgan fingerprint density at radius 3 is 0.867 bits per heavy atom. The summed E-state index contributed by atoms with van der Waals surface area (Å²) in [4.78, 5) is 36.0. The molecule has 1 N–H and O–H groups in total. The van der Waals surface area contributed by atoms with Gasteiger partial charge in [0.05, 0.1) is 27.7 Å². The van der Waals surface area contributed by atoms with Gasteiger partial charge in [0.1, 0.15) is 19.8 Å². The van der Waals surface area contributed by atoms with Crippen LogP contribution in [0.5, 0.6) is 0 Å². The SMILES string of the molecule is CC/C=C\C/C=C\C/C=C\C/C=C\C/C=C\C/C=C\C/C=C\C/C=C\C/C=C\C/C=C\C/C=C\CCCCCCCC(=O)OC(COC(=O)CCCCCCCCCCCCCCCCCCCCCCCCC/C=C\C/C=C\CCCCCCC)COP(=O)(O)OCC[N+](C)(C)C. The Bertz CT molecular complexity index is 2220. The van der Waals surface area contributed by atoms with E-state index >= 15 is 0 Å². The van der Waals surface area contributed by atoms with E-state index in [1.807, 2.05) is 21.1 Å². The predicted octanol–water partition coefficient (Wildman–Crippen LogP) is 27.1. The van der Waals surface area contributed by atoms with Gasteiger partial charge >= 0.3 is 19.8 Å². The Hall–Kier alpha value is -4.37. The van der Waals surface area contributed by atoms with Gasteiger partial charge in [-0.15, -0.1) is 0 Å². The third kappa shape index (κ3) is 80.6. The van der Waals surface area contributed by atoms with Crippen molar-refractivity contribution in [3.05, 3.63) is 158 Å². The zero-order chi connectivity index (χ0) is 71.1. The fourth-order valence-corrected chi connectivity index (χ4v) is 11.7. The van der Waals surface area contributed by atoms with Crippen molar-refractivity contribution in [2.45, 2.75) is 341 Å². The molecule has 0 aromatic heterocycles. The molecule has 0 saturated carbocycles. The third-order valence-corrected chi connectivity index (χ3v) is 18.0. The van der Waals surface area contributed by atoms with Crippen LogP contribution >= 0.6 is 7.82 Å². The summed E-state index contributed by atoms with van der Waals surface area (Å²) in [5.74, 6) is -0.818. The summed E-state index contributed by atoms with van der Waals surface area (Å²) in [6.45, 7) is 4.30. The summed E-state index contributed by atoms with van der Waals surface area (Å²) in [6.07, 6.45) is 115. The first kappa shape index (κ1) is 93.6. The molecule has 0 heterocycles. The molecule has 0 aliphatic rings. The summed E-state index contributed by atoms with van der Waals surface area (Å²) >= 11 is 0. The lowest BCUT2D eigenvalue weighted by molar-refractivity contribution is -0.870. The van der Waals surface area contributed by atoms with Gasteiger partial charge in [-0.25, -0.2) is 4.57 Å². The Morgan fingerprint density at radius 2 is 0.582 bits per heavy atom. The zero-order valence-corrected chi connectivity index (χ0v) is 64.9. The van der Waals surface area contributed by atoms with Crippen LogP contribution in [0.15, 0.2) is 158 Å². The van der Waals surface area contributed by atoms with Gasteiger partial charge in [0.25, 0.3) is 0 Å². The molecule has 0 bridgehead atoms. The van der Waals surface area contributed by atoms with Crippen molar-refractivity contribution in [3.63, 3.8) is 0 Å². The second-order valence-electron chi connectivity index (χ2n) is 27.7. The molecule has 0 aromatic carbocycles. The lowest BCUT2D eigenvalue weighted by atomic mass is 10.0. The highest BCUT2D eigenvalue weighted by molar-refractivity contribution is 7.47. The molecule has 0 aliphatic heterocycles. The maximum absolute atomic E-state index is 12.9. The third-order valence-electron chi connectivity index (χ3n) is 17.0. The number of ether oxygens (including phenoxy) is 2. The molecule has 9 nitrogen and oxygen atoms in total. The van der Waals surface area contributed by atoms with Gasteiger partial charge in [-0.1, -0.05) is 352 Å². The van der Waals surface area contributed by atoms with Gasteiger partial charge in [0, 0.05) is 12.8 Å². The van der Waals surface area contributed by atoms with Gasteiger partial charge in [-0.2, -0.15) is 0 Å². The second-order valence-corrected chi connectivity index (χ2v) is 29.2. The van der Waals surface area contributed by atoms with Gasteiger partial charge in [-0.3, -0.25) is 18.6 Å². The Labute approximate surface area is 605 Å². The maximum Gasteiger partial charge on any atom is 0.472 e. The van der Waals surface area contributed by atoms with Crippen LogP contribution in [0, 0.1) is 0 Å². The lowest BCUT2D eigenvalue weighted by Gasteiger charge is -2.24. The number of likely N-dealkylation sites (N-methyl/N-ethyl adjacent to an activating group) is 1. The predicted molar refractivity (Wildman–Crippen MR) is 426 cm³/mol. The van der Waals surface area contributed by atoms with E-state index in [1.54, 1.807) is 0 Å². The van der Waals surface area contributed by atoms with Crippen molar-refractivity contribution in [1.29, 1.82) is 0 Å². The first-order valence-electron chi connectivity index (χ1n) is 40.2. The van der Waals surface area contributed by atoms with Gasteiger partial charge < -0.3 is 18.9 Å². The number of hydrogen-bond donors (Lipinski definition) is 1. The van der Waals surface area contributed by atoms with E-state index in [-0.39, 0.29) is 32.0 Å². The van der Waals surface area contributed by atoms with E-state index in [0.29, 0.717) is 17.4 Å². The van der Waals surface area contributed by atoms with Crippen molar-refractivity contribution in [2.75, 3.05) is 47.5 Å². The van der Waals surface area contributed by atoms with Crippen LogP contribution in [0.3, 0.4) is 0 Å². The molecule has 2 unspecified atom stereocenters. The molecule has 0 aliphatic carbocycles. The highest BCUT2D eigenvalue weighted by atomic mass is 31.2. The molecule has 0 spiro atoms. The number of esters is 2. The summed E-state index contributed by atoms with van der Waals surface area (Å²) in [7, 11) is 1.45. The van der Waals surface area contributed by atoms with Crippen LogP contribution in [0.25, 0.3) is 0 Å². The van der Waals surface area contributed by atoms with E-state index < -0.39 is 26.5 Å². The summed E-state index contributed by atoms with van der Waals surface area (Å²) in [5, 5.41) is 0. The number of rotatable bonds is 73. The summed E-state index contributed by atoms with van der Waals surface area (Å²) in [5.41, 5.74) is 0. The molecule has 2 atom stereocenters. The molecular weight excluding hydrogens is 1230 g/mol. The van der Waals surface area contributed by atoms with Crippen molar-refractivity contribution in [3.8, 4) is 0 Å². The first-order valence-corrected chi connectivity index (χ1v) is 41.7. The fourth-order valence-electron chi connectivity index (χ4n) is 10.9. The van der Waals surface area contributed by atoms with Crippen molar-refractivity contribution in [2.24, 2.45) is 0 Å². The van der Waals surface area contributed by atoms with Gasteiger partial charge in [-0.05, 0) is 128 Å². The number of carbonyl (C=O) groups is 2. The van der Waals surface area contributed by atoms with E-state index in [9.17, 15) is 19.0 Å². The molecular formula is C88H151NO8P+. The quantitative estimate of drug-likeness (QED) is 0.0211. The van der Waals surface area contributed by atoms with Crippen LogP contribution < -0.4 is 0 Å². The van der Waals surface area contributed by atoms with Crippen LogP contribution in [0.4, 0.5) is 0 Å². The number of phosphoric ester groups is 1. The smallest absolute Gasteiger partial charge is 0.462 e. The molecule has 0 fully saturated rings. The number of quaternary nitrogens is 1. The van der Waals surface area contributed by atoms with Gasteiger partial charge in [0.15, 0.2) is 6.10 Å². The summed E-state index contributed by atoms with van der Waals surface area (Å²) < 4.78 is 34.8. The minimum absolute atomic E-state index is 0.0213. The van der Waals surface area contributed by atoms with Crippen molar-refractivity contribution in [1.82, 2.24) is 0 Å². The zero-order valence-electron chi connectivity index (χ0n) is 64.0. The minimum atomic E-state index is -4.41.